The lowest BCUT2D eigenvalue weighted by Crippen LogP contribution is -2.28. The number of nitrogens with zero attached hydrogens (tertiary/aromatic N) is 4. The summed E-state index contributed by atoms with van der Waals surface area (Å²) in [6.45, 7) is 1.88. The summed E-state index contributed by atoms with van der Waals surface area (Å²) >= 11 is 1.40. The van der Waals surface area contributed by atoms with Gasteiger partial charge >= 0.3 is 0 Å². The van der Waals surface area contributed by atoms with E-state index in [0.717, 1.165) is 15.4 Å². The van der Waals surface area contributed by atoms with Crippen LogP contribution >= 0.6 is 11.8 Å². The molecule has 7 heteroatoms. The Morgan fingerprint density at radius 3 is 2.59 bits per heavy atom. The first-order valence-corrected chi connectivity index (χ1v) is 9.85. The Kier molecular flexibility index (Phi) is 5.27. The second kappa shape index (κ2) is 8.17. The zero-order chi connectivity index (χ0) is 20.2. The van der Waals surface area contributed by atoms with Crippen molar-refractivity contribution in [3.05, 3.63) is 89.9 Å². The number of nitrogens with one attached hydrogen (secondary N) is 1. The molecule has 1 amide bonds. The van der Waals surface area contributed by atoms with Crippen LogP contribution in [0.25, 0.3) is 5.65 Å². The van der Waals surface area contributed by atoms with Gasteiger partial charge in [-0.05, 0) is 43.3 Å². The van der Waals surface area contributed by atoms with Crippen LogP contribution in [0.2, 0.25) is 0 Å². The van der Waals surface area contributed by atoms with Gasteiger partial charge in [-0.3, -0.25) is 9.20 Å². The van der Waals surface area contributed by atoms with Crippen molar-refractivity contribution in [3.63, 3.8) is 0 Å². The summed E-state index contributed by atoms with van der Waals surface area (Å²) in [5.74, 6) is 0.455. The van der Waals surface area contributed by atoms with Gasteiger partial charge in [0.05, 0.1) is 17.2 Å². The molecular weight excluding hydrogens is 382 g/mol. The lowest BCUT2D eigenvalue weighted by Gasteiger charge is -2.14. The molecule has 0 saturated heterocycles. The molecule has 4 rings (SSSR count). The molecule has 0 radical (unpaired) electrons. The quantitative estimate of drug-likeness (QED) is 0.543. The number of pyridine rings is 1. The standard InChI is InChI=1S/C22H17N5OS/c1-15(21-26-25-20-12-6-7-13-27(20)21)24-22(28)17-9-3-5-11-19(17)29-18-10-4-2-8-16(18)14-23/h2-13,15H,1H3,(H,24,28). The van der Waals surface area contributed by atoms with Gasteiger partial charge in [0.15, 0.2) is 11.5 Å². The van der Waals surface area contributed by atoms with Gasteiger partial charge in [-0.15, -0.1) is 10.2 Å². The highest BCUT2D eigenvalue weighted by Gasteiger charge is 2.19. The molecule has 1 N–H and O–H groups in total. The van der Waals surface area contributed by atoms with Crippen LogP contribution in [0, 0.1) is 11.3 Å². The average molecular weight is 399 g/mol. The second-order valence-corrected chi connectivity index (χ2v) is 7.47. The number of rotatable bonds is 5. The van der Waals surface area contributed by atoms with E-state index in [2.05, 4.69) is 21.6 Å². The number of carbonyl (C=O) groups excluding carboxylic acids is 1. The van der Waals surface area contributed by atoms with Crippen molar-refractivity contribution in [2.24, 2.45) is 0 Å². The first-order chi connectivity index (χ1) is 14.2. The van der Waals surface area contributed by atoms with Gasteiger partial charge in [-0.25, -0.2) is 0 Å². The van der Waals surface area contributed by atoms with E-state index in [0.29, 0.717) is 17.0 Å². The molecule has 4 aromatic rings. The topological polar surface area (TPSA) is 83.1 Å². The van der Waals surface area contributed by atoms with E-state index in [-0.39, 0.29) is 11.9 Å². The summed E-state index contributed by atoms with van der Waals surface area (Å²) in [5.41, 5.74) is 1.86. The lowest BCUT2D eigenvalue weighted by atomic mass is 10.2. The van der Waals surface area contributed by atoms with Gasteiger partial charge in [-0.2, -0.15) is 5.26 Å². The minimum absolute atomic E-state index is 0.206. The van der Waals surface area contributed by atoms with E-state index in [1.165, 1.54) is 11.8 Å². The van der Waals surface area contributed by atoms with Crippen molar-refractivity contribution in [1.82, 2.24) is 19.9 Å². The summed E-state index contributed by atoms with van der Waals surface area (Å²) in [5, 5.41) is 20.7. The summed E-state index contributed by atoms with van der Waals surface area (Å²) in [6.07, 6.45) is 1.87. The monoisotopic (exact) mass is 399 g/mol. The zero-order valence-electron chi connectivity index (χ0n) is 15.6. The van der Waals surface area contributed by atoms with Gasteiger partial charge in [-0.1, -0.05) is 42.1 Å². The molecule has 0 aliphatic heterocycles. The van der Waals surface area contributed by atoms with Crippen molar-refractivity contribution in [1.29, 1.82) is 5.26 Å². The molecule has 0 spiro atoms. The number of hydrogen-bond donors (Lipinski definition) is 1. The van der Waals surface area contributed by atoms with E-state index in [1.807, 2.05) is 72.1 Å². The molecule has 0 fully saturated rings. The molecular formula is C22H17N5OS. The zero-order valence-corrected chi connectivity index (χ0v) is 16.4. The fourth-order valence-electron chi connectivity index (χ4n) is 3.00. The van der Waals surface area contributed by atoms with E-state index in [1.54, 1.807) is 12.1 Å². The molecule has 2 aromatic heterocycles. The maximum atomic E-state index is 13.0. The van der Waals surface area contributed by atoms with Crippen LogP contribution < -0.4 is 5.32 Å². The van der Waals surface area contributed by atoms with Crippen molar-refractivity contribution >= 4 is 23.3 Å². The highest BCUT2D eigenvalue weighted by molar-refractivity contribution is 7.99. The number of fused-ring (bicyclic) bond motifs is 1. The number of hydrogen-bond acceptors (Lipinski definition) is 5. The fourth-order valence-corrected chi connectivity index (χ4v) is 4.03. The first kappa shape index (κ1) is 18.7. The van der Waals surface area contributed by atoms with Crippen molar-refractivity contribution in [2.45, 2.75) is 22.8 Å². The van der Waals surface area contributed by atoms with Crippen LogP contribution in [0.3, 0.4) is 0 Å². The van der Waals surface area contributed by atoms with Crippen LogP contribution in [0.15, 0.2) is 82.7 Å². The Bertz CT molecular complexity index is 1230. The van der Waals surface area contributed by atoms with Gasteiger partial charge in [0, 0.05) is 16.0 Å². The average Bonchev–Trinajstić information content (AvgIpc) is 3.19. The predicted molar refractivity (Wildman–Crippen MR) is 111 cm³/mol. The third-order valence-corrected chi connectivity index (χ3v) is 5.59. The maximum absolute atomic E-state index is 13.0. The number of carbonyl (C=O) groups is 1. The summed E-state index contributed by atoms with van der Waals surface area (Å²) in [7, 11) is 0. The number of nitriles is 1. The molecule has 0 bridgehead atoms. The molecule has 0 aliphatic rings. The molecule has 6 nitrogen and oxygen atoms in total. The largest absolute Gasteiger partial charge is 0.342 e. The van der Waals surface area contributed by atoms with Crippen molar-refractivity contribution in [3.8, 4) is 6.07 Å². The Hall–Kier alpha value is -3.63. The summed E-state index contributed by atoms with van der Waals surface area (Å²) < 4.78 is 1.86. The highest BCUT2D eigenvalue weighted by Crippen LogP contribution is 2.32. The third kappa shape index (κ3) is 3.84. The van der Waals surface area contributed by atoms with Crippen LogP contribution in [0.5, 0.6) is 0 Å². The first-order valence-electron chi connectivity index (χ1n) is 9.04. The minimum Gasteiger partial charge on any atom is -0.342 e. The molecule has 142 valence electrons. The fraction of sp³-hybridized carbons (Fsp3) is 0.0909. The Morgan fingerprint density at radius 1 is 1.03 bits per heavy atom. The molecule has 2 aromatic carbocycles. The predicted octanol–water partition coefficient (Wildman–Crippen LogP) is 4.24. The van der Waals surface area contributed by atoms with E-state index >= 15 is 0 Å². The van der Waals surface area contributed by atoms with Crippen molar-refractivity contribution in [2.75, 3.05) is 0 Å². The molecule has 1 unspecified atom stereocenters. The van der Waals surface area contributed by atoms with Crippen LogP contribution in [0.4, 0.5) is 0 Å². The van der Waals surface area contributed by atoms with Gasteiger partial charge in [0.25, 0.3) is 5.91 Å². The van der Waals surface area contributed by atoms with Gasteiger partial charge < -0.3 is 5.32 Å². The highest BCUT2D eigenvalue weighted by atomic mass is 32.2. The maximum Gasteiger partial charge on any atom is 0.253 e. The second-order valence-electron chi connectivity index (χ2n) is 6.39. The number of aromatic nitrogens is 3. The molecule has 29 heavy (non-hydrogen) atoms. The Morgan fingerprint density at radius 2 is 1.76 bits per heavy atom. The van der Waals surface area contributed by atoms with E-state index in [9.17, 15) is 10.1 Å². The number of benzene rings is 2. The molecule has 0 saturated carbocycles. The summed E-state index contributed by atoms with van der Waals surface area (Å²) in [4.78, 5) is 14.6. The SMILES string of the molecule is CC(NC(=O)c1ccccc1Sc1ccccc1C#N)c1nnc2ccccn12. The number of amides is 1. The van der Waals surface area contributed by atoms with Crippen LogP contribution in [-0.4, -0.2) is 20.5 Å². The van der Waals surface area contributed by atoms with Gasteiger partial charge in [0.1, 0.15) is 6.07 Å². The third-order valence-electron chi connectivity index (χ3n) is 4.43. The Labute approximate surface area is 172 Å². The molecule has 0 aliphatic carbocycles. The van der Waals surface area contributed by atoms with Crippen LogP contribution in [-0.2, 0) is 0 Å². The molecule has 2 heterocycles. The van der Waals surface area contributed by atoms with E-state index < -0.39 is 0 Å². The van der Waals surface area contributed by atoms with Crippen LogP contribution in [0.1, 0.15) is 34.7 Å². The lowest BCUT2D eigenvalue weighted by molar-refractivity contribution is 0.0935. The van der Waals surface area contributed by atoms with Gasteiger partial charge in [0.2, 0.25) is 0 Å². The van der Waals surface area contributed by atoms with Crippen molar-refractivity contribution < 1.29 is 4.79 Å². The minimum atomic E-state index is -0.329. The summed E-state index contributed by atoms with van der Waals surface area (Å²) in [6, 6.07) is 22.2. The van der Waals surface area contributed by atoms with E-state index in [4.69, 9.17) is 0 Å². The Balaban J connectivity index is 1.59. The molecule has 1 atom stereocenters. The normalized spacial score (nSPS) is 11.7. The smallest absolute Gasteiger partial charge is 0.253 e.